The Balaban J connectivity index is 1.25. The van der Waals surface area contributed by atoms with Gasteiger partial charge in [-0.05, 0) is 34.2 Å². The van der Waals surface area contributed by atoms with Gasteiger partial charge in [0.2, 0.25) is 0 Å². The SMILES string of the molecule is C[Si](C)(C)C(COC(=O)N1CCCN(C(=O)OCC2c3ccccc3-c3ccccc32)C(CC(=O)O)C1)c1ccccc1. The van der Waals surface area contributed by atoms with E-state index in [1.807, 2.05) is 42.5 Å². The number of nitrogens with zero attached hydrogens (tertiary/aromatic N) is 2. The van der Waals surface area contributed by atoms with Crippen LogP contribution in [0.5, 0.6) is 0 Å². The van der Waals surface area contributed by atoms with Gasteiger partial charge in [-0.3, -0.25) is 4.79 Å². The topological polar surface area (TPSA) is 96.4 Å². The van der Waals surface area contributed by atoms with Crippen LogP contribution in [0.1, 0.15) is 41.0 Å². The molecule has 0 saturated carbocycles. The molecule has 5 rings (SSSR count). The van der Waals surface area contributed by atoms with Crippen molar-refractivity contribution in [1.82, 2.24) is 9.80 Å². The number of ether oxygens (including phenoxy) is 2. The summed E-state index contributed by atoms with van der Waals surface area (Å²) < 4.78 is 11.7. The molecule has 0 radical (unpaired) electrons. The molecule has 2 aliphatic rings. The lowest BCUT2D eigenvalue weighted by Crippen LogP contribution is -2.47. The highest BCUT2D eigenvalue weighted by atomic mass is 28.3. The van der Waals surface area contributed by atoms with Gasteiger partial charge in [-0.1, -0.05) is 98.5 Å². The average molecular weight is 601 g/mol. The summed E-state index contributed by atoms with van der Waals surface area (Å²) >= 11 is 0. The summed E-state index contributed by atoms with van der Waals surface area (Å²) in [5.74, 6) is -1.14. The molecule has 43 heavy (non-hydrogen) atoms. The molecule has 0 bridgehead atoms. The van der Waals surface area contributed by atoms with E-state index in [4.69, 9.17) is 9.47 Å². The zero-order chi connectivity index (χ0) is 30.6. The fourth-order valence-corrected chi connectivity index (χ4v) is 8.07. The van der Waals surface area contributed by atoms with Crippen LogP contribution in [-0.4, -0.2) is 80.0 Å². The smallest absolute Gasteiger partial charge is 0.410 e. The van der Waals surface area contributed by atoms with Crippen molar-refractivity contribution in [2.24, 2.45) is 0 Å². The van der Waals surface area contributed by atoms with Crippen molar-refractivity contribution < 1.29 is 29.0 Å². The maximum absolute atomic E-state index is 13.5. The minimum Gasteiger partial charge on any atom is -0.481 e. The van der Waals surface area contributed by atoms with Gasteiger partial charge in [0.05, 0.1) is 27.1 Å². The number of carboxylic acids is 1. The second-order valence-corrected chi connectivity index (χ2v) is 17.9. The zero-order valence-corrected chi connectivity index (χ0v) is 26.1. The molecule has 0 spiro atoms. The van der Waals surface area contributed by atoms with Gasteiger partial charge in [0.25, 0.3) is 0 Å². The van der Waals surface area contributed by atoms with Gasteiger partial charge in [0, 0.05) is 31.1 Å². The van der Waals surface area contributed by atoms with Gasteiger partial charge in [0.15, 0.2) is 0 Å². The molecule has 1 fully saturated rings. The number of carboxylic acid groups (broad SMARTS) is 1. The van der Waals surface area contributed by atoms with Gasteiger partial charge >= 0.3 is 18.2 Å². The molecule has 3 aromatic rings. The van der Waals surface area contributed by atoms with E-state index < -0.39 is 32.3 Å². The number of hydrogen-bond donors (Lipinski definition) is 1. The van der Waals surface area contributed by atoms with Crippen LogP contribution in [0.3, 0.4) is 0 Å². The number of amides is 2. The molecular weight excluding hydrogens is 560 g/mol. The molecule has 1 aliphatic carbocycles. The molecule has 1 aliphatic heterocycles. The molecule has 2 amide bonds. The van der Waals surface area contributed by atoms with Crippen molar-refractivity contribution in [3.05, 3.63) is 95.6 Å². The predicted molar refractivity (Wildman–Crippen MR) is 168 cm³/mol. The Morgan fingerprint density at radius 2 is 1.44 bits per heavy atom. The molecule has 8 nitrogen and oxygen atoms in total. The van der Waals surface area contributed by atoms with E-state index in [9.17, 15) is 19.5 Å². The number of carbonyl (C=O) groups is 3. The molecule has 226 valence electrons. The van der Waals surface area contributed by atoms with Crippen LogP contribution in [0.2, 0.25) is 19.6 Å². The van der Waals surface area contributed by atoms with Crippen molar-refractivity contribution >= 4 is 26.2 Å². The molecule has 9 heteroatoms. The third-order valence-corrected chi connectivity index (χ3v) is 11.1. The van der Waals surface area contributed by atoms with Crippen LogP contribution in [-0.2, 0) is 14.3 Å². The predicted octanol–water partition coefficient (Wildman–Crippen LogP) is 6.58. The van der Waals surface area contributed by atoms with Gasteiger partial charge in [-0.2, -0.15) is 0 Å². The molecule has 2 atom stereocenters. The lowest BCUT2D eigenvalue weighted by atomic mass is 9.98. The molecule has 1 saturated heterocycles. The summed E-state index contributed by atoms with van der Waals surface area (Å²) in [5.41, 5.74) is 5.75. The standard InChI is InChI=1S/C34H40N2O6Si/c1-43(2,3)31(24-12-5-4-6-13-24)23-42-33(39)35-18-11-19-36(25(21-35)20-32(37)38)34(40)41-22-30-28-16-9-7-14-26(28)27-15-8-10-17-29(27)30/h4-10,12-17,25,30-31H,11,18-23H2,1-3H3,(H,37,38). The van der Waals surface area contributed by atoms with Crippen molar-refractivity contribution in [3.8, 4) is 11.1 Å². The quantitative estimate of drug-likeness (QED) is 0.293. The Kier molecular flexibility index (Phi) is 9.20. The summed E-state index contributed by atoms with van der Waals surface area (Å²) in [6, 6.07) is 25.6. The van der Waals surface area contributed by atoms with Crippen molar-refractivity contribution in [1.29, 1.82) is 0 Å². The fourth-order valence-electron chi connectivity index (χ4n) is 6.30. The fraction of sp³-hybridized carbons (Fsp3) is 0.382. The Hall–Kier alpha value is -4.11. The third-order valence-electron chi connectivity index (χ3n) is 8.56. The number of fused-ring (bicyclic) bond motifs is 3. The monoisotopic (exact) mass is 600 g/mol. The number of aliphatic carboxylic acids is 1. The van der Waals surface area contributed by atoms with Crippen molar-refractivity contribution in [3.63, 3.8) is 0 Å². The Morgan fingerprint density at radius 1 is 0.837 bits per heavy atom. The van der Waals surface area contributed by atoms with Crippen molar-refractivity contribution in [2.75, 3.05) is 32.8 Å². The Morgan fingerprint density at radius 3 is 2.05 bits per heavy atom. The summed E-state index contributed by atoms with van der Waals surface area (Å²) in [6.45, 7) is 7.88. The van der Waals surface area contributed by atoms with Crippen LogP contribution >= 0.6 is 0 Å². The highest BCUT2D eigenvalue weighted by Crippen LogP contribution is 2.44. The number of carbonyl (C=O) groups excluding carboxylic acids is 2. The van der Waals surface area contributed by atoms with E-state index in [0.29, 0.717) is 19.5 Å². The lowest BCUT2D eigenvalue weighted by molar-refractivity contribution is -0.138. The van der Waals surface area contributed by atoms with Crippen LogP contribution in [0.15, 0.2) is 78.9 Å². The van der Waals surface area contributed by atoms with E-state index in [1.165, 1.54) is 9.80 Å². The second kappa shape index (κ2) is 13.0. The molecule has 0 aromatic heterocycles. The van der Waals surface area contributed by atoms with Gasteiger partial charge in [0.1, 0.15) is 6.61 Å². The van der Waals surface area contributed by atoms with Crippen LogP contribution in [0, 0.1) is 0 Å². The van der Waals surface area contributed by atoms with Crippen LogP contribution < -0.4 is 0 Å². The number of rotatable bonds is 8. The maximum atomic E-state index is 13.5. The van der Waals surface area contributed by atoms with Gasteiger partial charge < -0.3 is 24.4 Å². The molecule has 2 unspecified atom stereocenters. The lowest BCUT2D eigenvalue weighted by Gasteiger charge is -2.32. The largest absolute Gasteiger partial charge is 0.481 e. The van der Waals surface area contributed by atoms with E-state index >= 15 is 0 Å². The summed E-state index contributed by atoms with van der Waals surface area (Å²) in [7, 11) is -1.72. The first kappa shape index (κ1) is 30.3. The van der Waals surface area contributed by atoms with E-state index in [-0.39, 0.29) is 37.6 Å². The minimum absolute atomic E-state index is 0.0677. The minimum atomic E-state index is -1.72. The average Bonchev–Trinajstić information content (AvgIpc) is 3.14. The highest BCUT2D eigenvalue weighted by molar-refractivity contribution is 6.77. The summed E-state index contributed by atoms with van der Waals surface area (Å²) in [5, 5.41) is 9.69. The van der Waals surface area contributed by atoms with Crippen LogP contribution in [0.25, 0.3) is 11.1 Å². The van der Waals surface area contributed by atoms with Crippen molar-refractivity contribution in [2.45, 2.75) is 50.0 Å². The number of benzene rings is 3. The third kappa shape index (κ3) is 6.93. The first-order valence-electron chi connectivity index (χ1n) is 14.9. The molecule has 1 N–H and O–H groups in total. The molecule has 1 heterocycles. The highest BCUT2D eigenvalue weighted by Gasteiger charge is 2.36. The van der Waals surface area contributed by atoms with E-state index in [1.54, 1.807) is 0 Å². The first-order valence-corrected chi connectivity index (χ1v) is 18.5. The summed E-state index contributed by atoms with van der Waals surface area (Å²) in [4.78, 5) is 41.6. The molecule has 3 aromatic carbocycles. The van der Waals surface area contributed by atoms with Crippen LogP contribution in [0.4, 0.5) is 9.59 Å². The van der Waals surface area contributed by atoms with E-state index in [0.717, 1.165) is 27.8 Å². The second-order valence-electron chi connectivity index (χ2n) is 12.5. The Bertz CT molecular complexity index is 1410. The van der Waals surface area contributed by atoms with E-state index in [2.05, 4.69) is 56.0 Å². The Labute approximate surface area is 254 Å². The normalized spacial score (nSPS) is 17.4. The van der Waals surface area contributed by atoms with Gasteiger partial charge in [-0.25, -0.2) is 9.59 Å². The summed E-state index contributed by atoms with van der Waals surface area (Å²) in [6.07, 6.45) is -0.851. The number of hydrogen-bond acceptors (Lipinski definition) is 5. The maximum Gasteiger partial charge on any atom is 0.410 e. The zero-order valence-electron chi connectivity index (χ0n) is 25.1. The first-order chi connectivity index (χ1) is 20.6. The van der Waals surface area contributed by atoms with Gasteiger partial charge in [-0.15, -0.1) is 0 Å². The molecular formula is C34H40N2O6Si.